The van der Waals surface area contributed by atoms with Gasteiger partial charge in [-0.2, -0.15) is 0 Å². The number of amidine groups is 1. The summed E-state index contributed by atoms with van der Waals surface area (Å²) in [6.45, 7) is 11.8. The van der Waals surface area contributed by atoms with Gasteiger partial charge < -0.3 is 4.74 Å². The number of ether oxygens (including phenoxy) is 1. The van der Waals surface area contributed by atoms with Crippen LogP contribution >= 0.6 is 0 Å². The number of esters is 1. The van der Waals surface area contributed by atoms with Gasteiger partial charge in [-0.05, 0) is 70.1 Å². The molecule has 1 N–H and O–H groups in total. The number of carbonyl (C=O) groups excluding carboxylic acids is 4. The van der Waals surface area contributed by atoms with E-state index in [2.05, 4.69) is 23.2 Å². The maximum atomic E-state index is 13.4. The molecule has 2 heterocycles. The molecule has 2 fully saturated rings. The number of nitrogens with one attached hydrogen (secondary N) is 1. The number of fused-ring (bicyclic) bond motifs is 1. The molecule has 2 aromatic carbocycles. The Morgan fingerprint density at radius 2 is 1.64 bits per heavy atom. The highest BCUT2D eigenvalue weighted by Gasteiger charge is 2.56. The van der Waals surface area contributed by atoms with Gasteiger partial charge in [-0.25, -0.2) is 19.6 Å². The van der Waals surface area contributed by atoms with Crippen molar-refractivity contribution >= 4 is 35.7 Å². The molecular weight excluding hydrogens is 570 g/mol. The highest BCUT2D eigenvalue weighted by molar-refractivity contribution is 6.06. The topological polar surface area (TPSA) is 112 Å². The predicted octanol–water partition coefficient (Wildman–Crippen LogP) is 5.09. The normalized spacial score (nSPS) is 23.2. The number of hydrogen-bond acceptors (Lipinski definition) is 7. The van der Waals surface area contributed by atoms with Crippen molar-refractivity contribution in [3.05, 3.63) is 90.0 Å². The van der Waals surface area contributed by atoms with Gasteiger partial charge in [-0.3, -0.25) is 19.9 Å². The molecule has 0 aromatic heterocycles. The van der Waals surface area contributed by atoms with Crippen LogP contribution in [0, 0.1) is 23.7 Å². The van der Waals surface area contributed by atoms with E-state index in [1.165, 1.54) is 14.9 Å². The lowest BCUT2D eigenvalue weighted by atomic mass is 9.89. The first-order chi connectivity index (χ1) is 21.6. The van der Waals surface area contributed by atoms with Gasteiger partial charge in [0, 0.05) is 18.2 Å². The Bertz CT molecular complexity index is 1500. The second-order valence-electron chi connectivity index (χ2n) is 12.3. The summed E-state index contributed by atoms with van der Waals surface area (Å²) >= 11 is 0. The molecule has 45 heavy (non-hydrogen) atoms. The molecule has 0 spiro atoms. The minimum Gasteiger partial charge on any atom is -0.462 e. The Labute approximate surface area is 264 Å². The Morgan fingerprint density at radius 1 is 0.978 bits per heavy atom. The summed E-state index contributed by atoms with van der Waals surface area (Å²) in [5.41, 5.74) is 5.19. The maximum absolute atomic E-state index is 13.4. The van der Waals surface area contributed by atoms with Crippen LogP contribution in [0.25, 0.3) is 6.08 Å². The third kappa shape index (κ3) is 6.55. The van der Waals surface area contributed by atoms with E-state index in [1.807, 2.05) is 64.1 Å². The van der Waals surface area contributed by atoms with E-state index in [0.717, 1.165) is 12.0 Å². The van der Waals surface area contributed by atoms with Crippen molar-refractivity contribution in [1.82, 2.24) is 20.3 Å². The summed E-state index contributed by atoms with van der Waals surface area (Å²) in [7, 11) is 0. The summed E-state index contributed by atoms with van der Waals surface area (Å²) in [4.78, 5) is 53.5. The monoisotopic (exact) mass is 611 g/mol. The fourth-order valence-corrected chi connectivity index (χ4v) is 6.23. The molecule has 1 saturated carbocycles. The van der Waals surface area contributed by atoms with E-state index >= 15 is 0 Å². The van der Waals surface area contributed by atoms with Crippen LogP contribution in [0.3, 0.4) is 0 Å². The number of hydrazine groups is 1. The van der Waals surface area contributed by atoms with Crippen molar-refractivity contribution in [2.45, 2.75) is 52.6 Å². The third-order valence-corrected chi connectivity index (χ3v) is 8.59. The Morgan fingerprint density at radius 3 is 2.27 bits per heavy atom. The van der Waals surface area contributed by atoms with Crippen molar-refractivity contribution in [3.63, 3.8) is 0 Å². The number of hydrazone groups is 1. The van der Waals surface area contributed by atoms with Crippen molar-refractivity contribution in [3.8, 4) is 0 Å². The first-order valence-electron chi connectivity index (χ1n) is 15.6. The molecule has 10 heteroatoms. The number of benzene rings is 2. The number of amides is 4. The zero-order valence-corrected chi connectivity index (χ0v) is 26.3. The number of urea groups is 1. The number of imide groups is 1. The minimum atomic E-state index is -0.503. The Balaban J connectivity index is 1.16. The van der Waals surface area contributed by atoms with Gasteiger partial charge in [0.1, 0.15) is 0 Å². The molecule has 2 aromatic rings. The highest BCUT2D eigenvalue weighted by atomic mass is 16.5. The first kappa shape index (κ1) is 31.7. The highest BCUT2D eigenvalue weighted by Crippen LogP contribution is 2.48. The van der Waals surface area contributed by atoms with Gasteiger partial charge in [0.2, 0.25) is 11.8 Å². The van der Waals surface area contributed by atoms with Crippen LogP contribution < -0.4 is 5.43 Å². The van der Waals surface area contributed by atoms with Crippen molar-refractivity contribution in [1.29, 1.82) is 0 Å². The average Bonchev–Trinajstić information content (AvgIpc) is 3.53. The SMILES string of the molecule is C=CC1CC(/C=C/c2ccccc2)C2C(=O)N(CCCOC(=O)c3ccc(C4=NN(C(C)C)C(=O)N(C(C)C)N4)cc3)C(=O)C12. The number of nitrogens with zero attached hydrogens (tertiary/aromatic N) is 4. The molecule has 4 unspecified atom stereocenters. The van der Waals surface area contributed by atoms with Gasteiger partial charge in [-0.15, -0.1) is 11.7 Å². The third-order valence-electron chi connectivity index (χ3n) is 8.59. The van der Waals surface area contributed by atoms with Gasteiger partial charge in [0.25, 0.3) is 0 Å². The van der Waals surface area contributed by atoms with Crippen LogP contribution in [0.15, 0.2) is 78.4 Å². The molecule has 3 aliphatic rings. The fraction of sp³-hybridized carbons (Fsp3) is 0.400. The van der Waals surface area contributed by atoms with E-state index in [4.69, 9.17) is 4.74 Å². The van der Waals surface area contributed by atoms with Crippen molar-refractivity contribution in [2.24, 2.45) is 28.8 Å². The second-order valence-corrected chi connectivity index (χ2v) is 12.3. The number of hydrogen-bond donors (Lipinski definition) is 1. The Kier molecular flexibility index (Phi) is 9.51. The smallest absolute Gasteiger partial charge is 0.359 e. The van der Waals surface area contributed by atoms with Gasteiger partial charge in [0.15, 0.2) is 5.84 Å². The van der Waals surface area contributed by atoms with Gasteiger partial charge >= 0.3 is 12.0 Å². The van der Waals surface area contributed by atoms with E-state index in [1.54, 1.807) is 30.3 Å². The summed E-state index contributed by atoms with van der Waals surface area (Å²) < 4.78 is 5.48. The van der Waals surface area contributed by atoms with E-state index in [9.17, 15) is 19.2 Å². The molecule has 4 atom stereocenters. The van der Waals surface area contributed by atoms with Crippen LogP contribution in [-0.4, -0.2) is 69.8 Å². The quantitative estimate of drug-likeness (QED) is 0.164. The van der Waals surface area contributed by atoms with Crippen LogP contribution in [-0.2, 0) is 14.3 Å². The van der Waals surface area contributed by atoms with Crippen LogP contribution in [0.5, 0.6) is 0 Å². The van der Waals surface area contributed by atoms with Crippen LogP contribution in [0.4, 0.5) is 4.79 Å². The lowest BCUT2D eigenvalue weighted by Gasteiger charge is -2.37. The van der Waals surface area contributed by atoms with Crippen molar-refractivity contribution in [2.75, 3.05) is 13.2 Å². The van der Waals surface area contributed by atoms with Crippen LogP contribution in [0.2, 0.25) is 0 Å². The number of carbonyl (C=O) groups is 4. The summed E-state index contributed by atoms with van der Waals surface area (Å²) in [5.74, 6) is -1.23. The first-order valence-corrected chi connectivity index (χ1v) is 15.6. The minimum absolute atomic E-state index is 0.0439. The summed E-state index contributed by atoms with van der Waals surface area (Å²) in [5, 5.41) is 7.42. The van der Waals surface area contributed by atoms with E-state index < -0.39 is 17.8 Å². The molecule has 0 radical (unpaired) electrons. The zero-order chi connectivity index (χ0) is 32.2. The second kappa shape index (κ2) is 13.5. The predicted molar refractivity (Wildman–Crippen MR) is 171 cm³/mol. The lowest BCUT2D eigenvalue weighted by molar-refractivity contribution is -0.140. The molecule has 2 aliphatic heterocycles. The van der Waals surface area contributed by atoms with Crippen LogP contribution in [0.1, 0.15) is 62.0 Å². The number of allylic oxidation sites excluding steroid dienone is 2. The molecule has 236 valence electrons. The molecule has 1 saturated heterocycles. The maximum Gasteiger partial charge on any atom is 0.359 e. The lowest BCUT2D eigenvalue weighted by Crippen LogP contribution is -2.59. The van der Waals surface area contributed by atoms with Crippen molar-refractivity contribution < 1.29 is 23.9 Å². The average molecular weight is 612 g/mol. The summed E-state index contributed by atoms with van der Waals surface area (Å²) in [6.07, 6.45) is 6.93. The molecule has 4 amide bonds. The zero-order valence-electron chi connectivity index (χ0n) is 26.3. The molecule has 5 rings (SSSR count). The largest absolute Gasteiger partial charge is 0.462 e. The standard InChI is InChI=1S/C35H41N5O5/c1-6-25-21-28(14-13-24-11-8-7-9-12-24)30-29(25)32(41)38(33(30)42)19-10-20-45-34(43)27-17-15-26(16-18-27)31-36-39(22(2)3)35(44)40(37-31)23(4)5/h6-9,11-18,22-23,25,28-30H,1,10,19-21H2,2-5H3,(H,36,37)/b14-13+. The number of likely N-dealkylation sites (tertiary alicyclic amines) is 1. The molecule has 1 aliphatic carbocycles. The fourth-order valence-electron chi connectivity index (χ4n) is 6.23. The van der Waals surface area contributed by atoms with E-state index in [0.29, 0.717) is 23.4 Å². The van der Waals surface area contributed by atoms with Gasteiger partial charge in [0.05, 0.1) is 30.0 Å². The molecule has 10 nitrogen and oxygen atoms in total. The summed E-state index contributed by atoms with van der Waals surface area (Å²) in [6, 6.07) is 16.2. The van der Waals surface area contributed by atoms with Gasteiger partial charge in [-0.1, -0.05) is 60.7 Å². The Hall–Kier alpha value is -4.73. The number of rotatable bonds is 11. The van der Waals surface area contributed by atoms with E-state index in [-0.39, 0.29) is 54.9 Å². The molecule has 0 bridgehead atoms. The molecular formula is C35H41N5O5.